The maximum Gasteiger partial charge on any atom is 0.333 e. The number of ether oxygens (including phenoxy) is 2. The second kappa shape index (κ2) is 13.4. The topological polar surface area (TPSA) is 108 Å². The van der Waals surface area contributed by atoms with Crippen LogP contribution in [-0.2, 0) is 16.0 Å². The Labute approximate surface area is 231 Å². The van der Waals surface area contributed by atoms with E-state index >= 15 is 0 Å². The van der Waals surface area contributed by atoms with Crippen LogP contribution >= 0.6 is 0 Å². The summed E-state index contributed by atoms with van der Waals surface area (Å²) in [6.07, 6.45) is 2.48. The molecule has 9 heteroatoms. The summed E-state index contributed by atoms with van der Waals surface area (Å²) < 4.78 is 11.7. The fraction of sp³-hybridized carbons (Fsp3) is 0.500. The first-order chi connectivity index (χ1) is 18.6. The van der Waals surface area contributed by atoms with Crippen molar-refractivity contribution in [2.75, 3.05) is 32.8 Å². The van der Waals surface area contributed by atoms with Crippen LogP contribution in [0.1, 0.15) is 63.3 Å². The molecular formula is C30H41N3O6. The molecule has 1 fully saturated rings. The van der Waals surface area contributed by atoms with Gasteiger partial charge < -0.3 is 29.7 Å². The third-order valence-corrected chi connectivity index (χ3v) is 7.22. The number of likely N-dealkylation sites (tertiary alicyclic amines) is 1. The monoisotopic (exact) mass is 539 g/mol. The molecule has 2 aromatic rings. The van der Waals surface area contributed by atoms with Crippen molar-refractivity contribution in [3.05, 3.63) is 59.2 Å². The number of nitrogens with one attached hydrogen (secondary N) is 1. The van der Waals surface area contributed by atoms with Crippen LogP contribution in [-0.4, -0.2) is 71.2 Å². The summed E-state index contributed by atoms with van der Waals surface area (Å²) in [5.74, 6) is -0.00266. The van der Waals surface area contributed by atoms with Gasteiger partial charge in [-0.3, -0.25) is 4.79 Å². The number of carbonyl (C=O) groups is 3. The molecule has 3 amide bonds. The molecule has 1 atom stereocenters. The lowest BCUT2D eigenvalue weighted by Crippen LogP contribution is -2.75. The molecule has 2 aromatic carbocycles. The van der Waals surface area contributed by atoms with Crippen molar-refractivity contribution in [2.24, 2.45) is 0 Å². The standard InChI is InChI=1S/C30H41N3O6/c1-6-38-26-17-25(18-27(21(26)3)39-7-2)22(4)33(16-12-11-15-24-13-9-8-10-14-24)29(37)31-30(28(35)36)19-32(20-30)23(5)34/h8-10,13-14,17-18,22H,6-7,11-12,15-16,19-20H2,1-5H3,(H,31,37)(H,35,36). The van der Waals surface area contributed by atoms with E-state index in [2.05, 4.69) is 17.4 Å². The maximum atomic E-state index is 13.7. The van der Waals surface area contributed by atoms with Gasteiger partial charge in [0.15, 0.2) is 5.54 Å². The molecule has 212 valence electrons. The highest BCUT2D eigenvalue weighted by Crippen LogP contribution is 2.35. The molecule has 0 radical (unpaired) electrons. The number of carboxylic acid groups (broad SMARTS) is 1. The minimum atomic E-state index is -1.51. The largest absolute Gasteiger partial charge is 0.493 e. The van der Waals surface area contributed by atoms with E-state index in [1.54, 1.807) is 4.90 Å². The molecule has 0 bridgehead atoms. The Balaban J connectivity index is 1.85. The Morgan fingerprint density at radius 1 is 1.05 bits per heavy atom. The molecule has 1 heterocycles. The van der Waals surface area contributed by atoms with Crippen LogP contribution in [0.4, 0.5) is 4.79 Å². The zero-order valence-corrected chi connectivity index (χ0v) is 23.7. The van der Waals surface area contributed by atoms with Crippen LogP contribution < -0.4 is 14.8 Å². The van der Waals surface area contributed by atoms with Gasteiger partial charge in [0.1, 0.15) is 11.5 Å². The van der Waals surface area contributed by atoms with Gasteiger partial charge in [-0.05, 0) is 70.2 Å². The third-order valence-electron chi connectivity index (χ3n) is 7.22. The van der Waals surface area contributed by atoms with Crippen molar-refractivity contribution < 1.29 is 29.0 Å². The highest BCUT2D eigenvalue weighted by molar-refractivity contribution is 5.90. The summed E-state index contributed by atoms with van der Waals surface area (Å²) in [4.78, 5) is 40.6. The molecule has 9 nitrogen and oxygen atoms in total. The molecule has 1 aliphatic heterocycles. The predicted molar refractivity (Wildman–Crippen MR) is 149 cm³/mol. The fourth-order valence-corrected chi connectivity index (χ4v) is 4.81. The number of nitrogens with zero attached hydrogens (tertiary/aromatic N) is 2. The van der Waals surface area contributed by atoms with Crippen molar-refractivity contribution in [1.29, 1.82) is 0 Å². The number of rotatable bonds is 13. The lowest BCUT2D eigenvalue weighted by atomic mass is 9.89. The molecule has 0 aliphatic carbocycles. The summed E-state index contributed by atoms with van der Waals surface area (Å²) in [7, 11) is 0. The van der Waals surface area contributed by atoms with E-state index in [9.17, 15) is 19.5 Å². The second-order valence-electron chi connectivity index (χ2n) is 10.0. The van der Waals surface area contributed by atoms with Gasteiger partial charge in [0.2, 0.25) is 5.91 Å². The molecule has 1 unspecified atom stereocenters. The molecule has 2 N–H and O–H groups in total. The van der Waals surface area contributed by atoms with Crippen LogP contribution in [0.15, 0.2) is 42.5 Å². The van der Waals surface area contributed by atoms with Crippen LogP contribution in [0.2, 0.25) is 0 Å². The quantitative estimate of drug-likeness (QED) is 0.361. The second-order valence-corrected chi connectivity index (χ2v) is 10.0. The van der Waals surface area contributed by atoms with Gasteiger partial charge in [-0.15, -0.1) is 0 Å². The van der Waals surface area contributed by atoms with Crippen molar-refractivity contribution in [3.63, 3.8) is 0 Å². The number of aliphatic carboxylic acids is 1. The Kier molecular flexibility index (Phi) is 10.2. The van der Waals surface area contributed by atoms with Gasteiger partial charge in [-0.1, -0.05) is 30.3 Å². The summed E-state index contributed by atoms with van der Waals surface area (Å²) >= 11 is 0. The number of hydrogen-bond donors (Lipinski definition) is 2. The predicted octanol–water partition coefficient (Wildman–Crippen LogP) is 4.57. The van der Waals surface area contributed by atoms with E-state index in [1.807, 2.05) is 58.0 Å². The average molecular weight is 540 g/mol. The Morgan fingerprint density at radius 3 is 2.15 bits per heavy atom. The van der Waals surface area contributed by atoms with Gasteiger partial charge in [-0.25, -0.2) is 9.59 Å². The molecular weight excluding hydrogens is 498 g/mol. The number of urea groups is 1. The summed E-state index contributed by atoms with van der Waals surface area (Å²) in [6.45, 7) is 10.3. The number of benzene rings is 2. The zero-order valence-electron chi connectivity index (χ0n) is 23.7. The normalized spacial score (nSPS) is 14.6. The number of amides is 3. The Morgan fingerprint density at radius 2 is 1.64 bits per heavy atom. The van der Waals surface area contributed by atoms with E-state index in [1.165, 1.54) is 17.4 Å². The van der Waals surface area contributed by atoms with Crippen LogP contribution in [0.5, 0.6) is 11.5 Å². The number of carboxylic acids is 1. The van der Waals surface area contributed by atoms with Crippen LogP contribution in [0.25, 0.3) is 0 Å². The van der Waals surface area contributed by atoms with Crippen LogP contribution in [0.3, 0.4) is 0 Å². The minimum absolute atomic E-state index is 0.0624. The highest BCUT2D eigenvalue weighted by Gasteiger charge is 2.52. The minimum Gasteiger partial charge on any atom is -0.493 e. The van der Waals surface area contributed by atoms with Gasteiger partial charge in [0, 0.05) is 19.0 Å². The first kappa shape index (κ1) is 29.8. The molecule has 0 aromatic heterocycles. The van der Waals surface area contributed by atoms with Gasteiger partial charge in [0.05, 0.1) is 32.3 Å². The summed E-state index contributed by atoms with van der Waals surface area (Å²) in [5, 5.41) is 12.7. The molecule has 1 aliphatic rings. The molecule has 3 rings (SSSR count). The SMILES string of the molecule is CCOc1cc(C(C)N(CCCCc2ccccc2)C(=O)NC2(C(=O)O)CN(C(C)=O)C2)cc(OCC)c1C. The van der Waals surface area contributed by atoms with E-state index in [-0.39, 0.29) is 19.0 Å². The van der Waals surface area contributed by atoms with Crippen LogP contribution in [0, 0.1) is 6.92 Å². The third kappa shape index (κ3) is 7.22. The fourth-order valence-electron chi connectivity index (χ4n) is 4.81. The number of unbranched alkanes of at least 4 members (excludes halogenated alkanes) is 1. The van der Waals surface area contributed by atoms with Crippen molar-refractivity contribution in [1.82, 2.24) is 15.1 Å². The van der Waals surface area contributed by atoms with E-state index < -0.39 is 23.6 Å². The molecule has 0 saturated carbocycles. The van der Waals surface area contributed by atoms with E-state index in [0.29, 0.717) is 31.3 Å². The molecule has 0 spiro atoms. The number of hydrogen-bond acceptors (Lipinski definition) is 5. The van der Waals surface area contributed by atoms with Gasteiger partial charge >= 0.3 is 12.0 Å². The smallest absolute Gasteiger partial charge is 0.333 e. The molecule has 39 heavy (non-hydrogen) atoms. The zero-order chi connectivity index (χ0) is 28.6. The van der Waals surface area contributed by atoms with Crippen molar-refractivity contribution >= 4 is 17.9 Å². The van der Waals surface area contributed by atoms with E-state index in [4.69, 9.17) is 9.47 Å². The van der Waals surface area contributed by atoms with E-state index in [0.717, 1.165) is 30.4 Å². The summed E-state index contributed by atoms with van der Waals surface area (Å²) in [6, 6.07) is 13.1. The van der Waals surface area contributed by atoms with Crippen molar-refractivity contribution in [2.45, 2.75) is 65.5 Å². The number of carbonyl (C=O) groups excluding carboxylic acids is 2. The van der Waals surface area contributed by atoms with Gasteiger partial charge in [0.25, 0.3) is 0 Å². The lowest BCUT2D eigenvalue weighted by Gasteiger charge is -2.47. The number of aryl methyl sites for hydroxylation is 1. The average Bonchev–Trinajstić information content (AvgIpc) is 2.88. The van der Waals surface area contributed by atoms with Crippen molar-refractivity contribution in [3.8, 4) is 11.5 Å². The molecule has 1 saturated heterocycles. The lowest BCUT2D eigenvalue weighted by molar-refractivity contribution is -0.157. The highest BCUT2D eigenvalue weighted by atomic mass is 16.5. The van der Waals surface area contributed by atoms with Gasteiger partial charge in [-0.2, -0.15) is 0 Å². The maximum absolute atomic E-state index is 13.7. The first-order valence-electron chi connectivity index (χ1n) is 13.6. The summed E-state index contributed by atoms with van der Waals surface area (Å²) in [5.41, 5.74) is 1.43. The Bertz CT molecular complexity index is 1120. The Hall–Kier alpha value is -3.75. The first-order valence-corrected chi connectivity index (χ1v) is 13.6.